The molecule has 0 radical (unpaired) electrons. The van der Waals surface area contributed by atoms with Gasteiger partial charge in [-0.1, -0.05) is 0 Å². The third-order valence-electron chi connectivity index (χ3n) is 3.32. The molecular weight excluding hydrogens is 240 g/mol. The van der Waals surface area contributed by atoms with Gasteiger partial charge >= 0.3 is 0 Å². The van der Waals surface area contributed by atoms with Gasteiger partial charge < -0.3 is 23.7 Å². The van der Waals surface area contributed by atoms with Crippen molar-refractivity contribution < 1.29 is 28.5 Å². The van der Waals surface area contributed by atoms with Gasteiger partial charge in [-0.3, -0.25) is 4.79 Å². The lowest BCUT2D eigenvalue weighted by Crippen LogP contribution is -2.58. The molecule has 0 aromatic heterocycles. The molecule has 0 amide bonds. The van der Waals surface area contributed by atoms with Crippen LogP contribution in [0.1, 0.15) is 27.7 Å². The number of fused-ring (bicyclic) bond motifs is 1. The summed E-state index contributed by atoms with van der Waals surface area (Å²) in [4.78, 5) is 12.5. The van der Waals surface area contributed by atoms with Crippen molar-refractivity contribution in [3.8, 4) is 0 Å². The molecule has 6 nitrogen and oxygen atoms in total. The first-order chi connectivity index (χ1) is 8.23. The molecule has 0 aliphatic carbocycles. The Morgan fingerprint density at radius 3 is 2.39 bits per heavy atom. The van der Waals surface area contributed by atoms with E-state index in [1.165, 1.54) is 0 Å². The molecule has 0 saturated carbocycles. The zero-order valence-corrected chi connectivity index (χ0v) is 11.0. The fourth-order valence-corrected chi connectivity index (χ4v) is 2.60. The second-order valence-electron chi connectivity index (χ2n) is 5.81. The lowest BCUT2D eigenvalue weighted by molar-refractivity contribution is -0.263. The van der Waals surface area contributed by atoms with Crippen molar-refractivity contribution in [2.75, 3.05) is 13.2 Å². The van der Waals surface area contributed by atoms with Crippen LogP contribution in [0, 0.1) is 0 Å². The van der Waals surface area contributed by atoms with Crippen LogP contribution in [0.4, 0.5) is 0 Å². The molecule has 3 aliphatic rings. The topological polar surface area (TPSA) is 63.2 Å². The molecule has 3 fully saturated rings. The molecule has 0 N–H and O–H groups in total. The van der Waals surface area contributed by atoms with Gasteiger partial charge in [0.15, 0.2) is 17.7 Å². The van der Waals surface area contributed by atoms with Crippen LogP contribution < -0.4 is 0 Å². The first-order valence-corrected chi connectivity index (χ1v) is 6.11. The Bertz CT molecular complexity index is 388. The van der Waals surface area contributed by atoms with Crippen LogP contribution in [0.3, 0.4) is 0 Å². The molecule has 0 bridgehead atoms. The van der Waals surface area contributed by atoms with Crippen LogP contribution in [0.5, 0.6) is 0 Å². The number of ether oxygens (including phenoxy) is 5. The van der Waals surface area contributed by atoms with E-state index >= 15 is 0 Å². The lowest BCUT2D eigenvalue weighted by atomic mass is 9.99. The average Bonchev–Trinajstić information content (AvgIpc) is 2.71. The van der Waals surface area contributed by atoms with Crippen LogP contribution in [-0.4, -0.2) is 48.6 Å². The van der Waals surface area contributed by atoms with Crippen LogP contribution in [0.15, 0.2) is 0 Å². The van der Waals surface area contributed by atoms with Gasteiger partial charge in [-0.15, -0.1) is 0 Å². The Balaban J connectivity index is 1.84. The number of carbonyl (C=O) groups excluding carboxylic acids is 1. The van der Waals surface area contributed by atoms with E-state index in [1.54, 1.807) is 27.7 Å². The molecule has 0 aromatic rings. The van der Waals surface area contributed by atoms with E-state index in [0.717, 1.165) is 0 Å². The van der Waals surface area contributed by atoms with E-state index in [9.17, 15) is 4.79 Å². The highest BCUT2D eigenvalue weighted by atomic mass is 16.8. The number of hydrogen-bond donors (Lipinski definition) is 0. The van der Waals surface area contributed by atoms with Gasteiger partial charge in [-0.05, 0) is 27.7 Å². The SMILES string of the molecule is CC1(C)O[C@H]2CO[C@]3(COC(C)(C)O3)C(=O)[C@@H]2O1. The van der Waals surface area contributed by atoms with Crippen molar-refractivity contribution in [3.05, 3.63) is 0 Å². The Kier molecular flexibility index (Phi) is 2.44. The highest BCUT2D eigenvalue weighted by molar-refractivity contribution is 5.92. The number of hydrogen-bond acceptors (Lipinski definition) is 6. The Morgan fingerprint density at radius 1 is 1.06 bits per heavy atom. The molecule has 3 aliphatic heterocycles. The van der Waals surface area contributed by atoms with E-state index in [-0.39, 0.29) is 25.1 Å². The van der Waals surface area contributed by atoms with Gasteiger partial charge in [-0.2, -0.15) is 0 Å². The van der Waals surface area contributed by atoms with Gasteiger partial charge in [0.05, 0.1) is 6.61 Å². The minimum atomic E-state index is -1.34. The van der Waals surface area contributed by atoms with Crippen LogP contribution in [-0.2, 0) is 28.5 Å². The quantitative estimate of drug-likeness (QED) is 0.633. The summed E-state index contributed by atoms with van der Waals surface area (Å²) < 4.78 is 27.9. The standard InChI is InChI=1S/C12H18O6/c1-10(2)15-6-12(18-10)9(13)8-7(5-14-12)16-11(3,4)17-8/h7-8H,5-6H2,1-4H3/t7-,8+,12-/m0/s1. The third-order valence-corrected chi connectivity index (χ3v) is 3.32. The van der Waals surface area contributed by atoms with E-state index in [4.69, 9.17) is 23.7 Å². The summed E-state index contributed by atoms with van der Waals surface area (Å²) in [7, 11) is 0. The zero-order chi connectivity index (χ0) is 13.2. The van der Waals surface area contributed by atoms with Crippen molar-refractivity contribution in [1.82, 2.24) is 0 Å². The maximum Gasteiger partial charge on any atom is 0.258 e. The number of rotatable bonds is 0. The van der Waals surface area contributed by atoms with E-state index in [2.05, 4.69) is 0 Å². The monoisotopic (exact) mass is 258 g/mol. The summed E-state index contributed by atoms with van der Waals surface area (Å²) in [5.74, 6) is -3.18. The summed E-state index contributed by atoms with van der Waals surface area (Å²) in [6.45, 7) is 7.41. The number of carbonyl (C=O) groups is 1. The molecule has 0 aromatic carbocycles. The Morgan fingerprint density at radius 2 is 1.78 bits per heavy atom. The van der Waals surface area contributed by atoms with E-state index < -0.39 is 23.5 Å². The first kappa shape index (κ1) is 12.5. The molecule has 102 valence electrons. The molecule has 0 unspecified atom stereocenters. The minimum absolute atomic E-state index is 0.0891. The minimum Gasteiger partial charge on any atom is -0.344 e. The van der Waals surface area contributed by atoms with E-state index in [0.29, 0.717) is 0 Å². The van der Waals surface area contributed by atoms with Crippen molar-refractivity contribution in [2.24, 2.45) is 0 Å². The Hall–Kier alpha value is -0.530. The van der Waals surface area contributed by atoms with Gasteiger partial charge in [0, 0.05) is 0 Å². The van der Waals surface area contributed by atoms with Gasteiger partial charge in [0.1, 0.15) is 12.7 Å². The summed E-state index contributed by atoms with van der Waals surface area (Å²) in [5, 5.41) is 0. The number of Topliss-reactive ketones (excluding diaryl/α,β-unsaturated/α-hetero) is 1. The zero-order valence-electron chi connectivity index (χ0n) is 11.0. The van der Waals surface area contributed by atoms with Crippen LogP contribution in [0.25, 0.3) is 0 Å². The van der Waals surface area contributed by atoms with Crippen molar-refractivity contribution in [3.63, 3.8) is 0 Å². The van der Waals surface area contributed by atoms with Gasteiger partial charge in [-0.25, -0.2) is 0 Å². The van der Waals surface area contributed by atoms with Crippen molar-refractivity contribution in [1.29, 1.82) is 0 Å². The molecular formula is C12H18O6. The summed E-state index contributed by atoms with van der Waals surface area (Å²) in [6.07, 6.45) is -1.02. The molecule has 1 spiro atoms. The summed E-state index contributed by atoms with van der Waals surface area (Å²) in [5.41, 5.74) is 0. The molecule has 3 rings (SSSR count). The normalized spacial score (nSPS) is 45.4. The largest absolute Gasteiger partial charge is 0.344 e. The van der Waals surface area contributed by atoms with Crippen LogP contribution in [0.2, 0.25) is 0 Å². The first-order valence-electron chi connectivity index (χ1n) is 6.11. The fourth-order valence-electron chi connectivity index (χ4n) is 2.60. The smallest absolute Gasteiger partial charge is 0.258 e. The van der Waals surface area contributed by atoms with Gasteiger partial charge in [0.25, 0.3) is 5.79 Å². The third kappa shape index (κ3) is 1.80. The molecule has 3 atom stereocenters. The van der Waals surface area contributed by atoms with E-state index in [1.807, 2.05) is 0 Å². The fraction of sp³-hybridized carbons (Fsp3) is 0.917. The molecule has 18 heavy (non-hydrogen) atoms. The predicted octanol–water partition coefficient (Wildman–Crippen LogP) is 0.585. The van der Waals surface area contributed by atoms with Crippen LogP contribution >= 0.6 is 0 Å². The maximum absolute atomic E-state index is 12.5. The molecule has 3 saturated heterocycles. The lowest BCUT2D eigenvalue weighted by Gasteiger charge is -2.35. The summed E-state index contributed by atoms with van der Waals surface area (Å²) >= 11 is 0. The Labute approximate surface area is 105 Å². The highest BCUT2D eigenvalue weighted by Crippen LogP contribution is 2.41. The highest BCUT2D eigenvalue weighted by Gasteiger charge is 2.62. The van der Waals surface area contributed by atoms with Crippen molar-refractivity contribution >= 4 is 5.78 Å². The summed E-state index contributed by atoms with van der Waals surface area (Å²) in [6, 6.07) is 0. The van der Waals surface area contributed by atoms with Gasteiger partial charge in [0.2, 0.25) is 5.78 Å². The molecule has 6 heteroatoms. The average molecular weight is 258 g/mol. The maximum atomic E-state index is 12.5. The number of ketones is 1. The predicted molar refractivity (Wildman–Crippen MR) is 58.6 cm³/mol. The second kappa shape index (κ2) is 3.52. The molecule has 3 heterocycles. The van der Waals surface area contributed by atoms with Crippen molar-refractivity contribution in [2.45, 2.75) is 57.3 Å². The second-order valence-corrected chi connectivity index (χ2v) is 5.81.